The minimum Gasteiger partial charge on any atom is -0.442 e. The van der Waals surface area contributed by atoms with Gasteiger partial charge in [-0.15, -0.1) is 0 Å². The fourth-order valence-electron chi connectivity index (χ4n) is 1.52. The lowest BCUT2D eigenvalue weighted by molar-refractivity contribution is 0.0522. The highest BCUT2D eigenvalue weighted by molar-refractivity contribution is 14.1. The number of hydrogen-bond donors (Lipinski definition) is 0. The van der Waals surface area contributed by atoms with Gasteiger partial charge < -0.3 is 4.74 Å². The maximum Gasteiger partial charge on any atom is 0.435 e. The first-order valence-corrected chi connectivity index (χ1v) is 7.33. The van der Waals surface area contributed by atoms with Gasteiger partial charge in [-0.25, -0.2) is 9.18 Å². The second kappa shape index (κ2) is 5.01. The maximum absolute atomic E-state index is 13.6. The van der Waals surface area contributed by atoms with Gasteiger partial charge in [0.2, 0.25) is 0 Å². The Morgan fingerprint density at radius 1 is 1.47 bits per heavy atom. The molecule has 0 spiro atoms. The highest BCUT2D eigenvalue weighted by Gasteiger charge is 2.22. The lowest BCUT2D eigenvalue weighted by Crippen LogP contribution is -2.27. The third-order valence-electron chi connectivity index (χ3n) is 2.24. The molecule has 0 bridgehead atoms. The van der Waals surface area contributed by atoms with E-state index in [9.17, 15) is 9.18 Å². The Hall–Kier alpha value is -0.700. The number of carbonyl (C=O) groups is 1. The number of aromatic nitrogens is 2. The van der Waals surface area contributed by atoms with Crippen molar-refractivity contribution in [1.82, 2.24) is 9.78 Å². The van der Waals surface area contributed by atoms with Gasteiger partial charge in [-0.05, 0) is 65.4 Å². The third kappa shape index (κ3) is 3.07. The number of ether oxygens (including phenoxy) is 1. The molecule has 0 aliphatic carbocycles. The van der Waals surface area contributed by atoms with Crippen molar-refractivity contribution in [3.63, 3.8) is 0 Å². The molecule has 2 aromatic rings. The van der Waals surface area contributed by atoms with Crippen molar-refractivity contribution in [3.05, 3.63) is 26.1 Å². The number of hydrogen-bond acceptors (Lipinski definition) is 3. The molecule has 0 saturated heterocycles. The van der Waals surface area contributed by atoms with Crippen LogP contribution in [0.5, 0.6) is 0 Å². The fraction of sp³-hybridized carbons (Fsp3) is 0.333. The van der Waals surface area contributed by atoms with Crippen molar-refractivity contribution in [2.75, 3.05) is 0 Å². The van der Waals surface area contributed by atoms with Crippen LogP contribution >= 0.6 is 38.5 Å². The van der Waals surface area contributed by atoms with E-state index in [2.05, 4.69) is 21.0 Å². The molecule has 102 valence electrons. The fourth-order valence-corrected chi connectivity index (χ4v) is 2.51. The molecule has 0 unspecified atom stereocenters. The van der Waals surface area contributed by atoms with Crippen LogP contribution in [0.15, 0.2) is 16.6 Å². The summed E-state index contributed by atoms with van der Waals surface area (Å²) in [6.45, 7) is 5.29. The molecule has 0 aliphatic heterocycles. The van der Waals surface area contributed by atoms with Crippen LogP contribution in [0.25, 0.3) is 10.9 Å². The van der Waals surface area contributed by atoms with E-state index in [4.69, 9.17) is 4.74 Å². The summed E-state index contributed by atoms with van der Waals surface area (Å²) in [5.74, 6) is -0.450. The smallest absolute Gasteiger partial charge is 0.435 e. The Balaban J connectivity index is 2.56. The van der Waals surface area contributed by atoms with Crippen LogP contribution in [0.4, 0.5) is 9.18 Å². The van der Waals surface area contributed by atoms with E-state index < -0.39 is 17.5 Å². The van der Waals surface area contributed by atoms with Crippen LogP contribution in [-0.2, 0) is 4.74 Å². The maximum atomic E-state index is 13.6. The van der Waals surface area contributed by atoms with Gasteiger partial charge in [0.25, 0.3) is 0 Å². The number of fused-ring (bicyclic) bond motifs is 1. The standard InChI is InChI=1S/C12H11BrFIN2O2/c1-12(2,3)19-11(18)17-9-5-8(14)7(13)4-6(9)10(15)16-17/h4-5H,1-3H3. The molecule has 2 rings (SSSR count). The van der Waals surface area contributed by atoms with Gasteiger partial charge in [-0.3, -0.25) is 0 Å². The molecule has 0 atom stereocenters. The summed E-state index contributed by atoms with van der Waals surface area (Å²) in [6, 6.07) is 2.86. The summed E-state index contributed by atoms with van der Waals surface area (Å²) >= 11 is 5.11. The number of carbonyl (C=O) groups excluding carboxylic acids is 1. The van der Waals surface area contributed by atoms with Gasteiger partial charge >= 0.3 is 6.09 Å². The van der Waals surface area contributed by atoms with E-state index in [-0.39, 0.29) is 0 Å². The van der Waals surface area contributed by atoms with Crippen LogP contribution in [-0.4, -0.2) is 21.5 Å². The van der Waals surface area contributed by atoms with Crippen LogP contribution in [0.2, 0.25) is 0 Å². The van der Waals surface area contributed by atoms with Gasteiger partial charge in [0.1, 0.15) is 15.1 Å². The summed E-state index contributed by atoms with van der Waals surface area (Å²) in [4.78, 5) is 12.0. The summed E-state index contributed by atoms with van der Waals surface area (Å²) in [5.41, 5.74) is -0.242. The molecular formula is C12H11BrFIN2O2. The molecule has 0 amide bonds. The van der Waals surface area contributed by atoms with E-state index in [0.717, 1.165) is 4.68 Å². The topological polar surface area (TPSA) is 44.1 Å². The summed E-state index contributed by atoms with van der Waals surface area (Å²) in [7, 11) is 0. The Morgan fingerprint density at radius 2 is 2.11 bits per heavy atom. The summed E-state index contributed by atoms with van der Waals surface area (Å²) < 4.78 is 20.9. The van der Waals surface area contributed by atoms with Crippen LogP contribution in [0.1, 0.15) is 20.8 Å². The number of halogens is 3. The van der Waals surface area contributed by atoms with Gasteiger partial charge in [-0.1, -0.05) is 0 Å². The molecule has 1 aromatic carbocycles. The zero-order valence-corrected chi connectivity index (χ0v) is 14.2. The van der Waals surface area contributed by atoms with Gasteiger partial charge in [0, 0.05) is 11.5 Å². The molecule has 4 nitrogen and oxygen atoms in total. The molecule has 0 N–H and O–H groups in total. The normalized spacial score (nSPS) is 11.9. The van der Waals surface area contributed by atoms with Gasteiger partial charge in [-0.2, -0.15) is 9.78 Å². The van der Waals surface area contributed by atoms with E-state index in [1.165, 1.54) is 6.07 Å². The molecular weight excluding hydrogens is 430 g/mol. The van der Waals surface area contributed by atoms with Crippen LogP contribution in [0, 0.1) is 9.52 Å². The minimum absolute atomic E-state index is 0.335. The summed E-state index contributed by atoms with van der Waals surface area (Å²) in [6.07, 6.45) is -0.623. The quantitative estimate of drug-likeness (QED) is 0.573. The molecule has 0 saturated carbocycles. The largest absolute Gasteiger partial charge is 0.442 e. The van der Waals surface area contributed by atoms with Crippen molar-refractivity contribution in [2.24, 2.45) is 0 Å². The average Bonchev–Trinajstić information content (AvgIpc) is 2.55. The van der Waals surface area contributed by atoms with Gasteiger partial charge in [0.05, 0.1) is 9.99 Å². The van der Waals surface area contributed by atoms with E-state index >= 15 is 0 Å². The van der Waals surface area contributed by atoms with Crippen LogP contribution in [0.3, 0.4) is 0 Å². The molecule has 7 heteroatoms. The zero-order valence-electron chi connectivity index (χ0n) is 10.5. The Kier molecular flexibility index (Phi) is 3.87. The molecule has 19 heavy (non-hydrogen) atoms. The SMILES string of the molecule is CC(C)(C)OC(=O)n1nc(I)c2cc(Br)c(F)cc21. The van der Waals surface area contributed by atoms with Crippen molar-refractivity contribution in [2.45, 2.75) is 26.4 Å². The van der Waals surface area contributed by atoms with E-state index in [0.29, 0.717) is 19.1 Å². The summed E-state index contributed by atoms with van der Waals surface area (Å²) in [5, 5.41) is 4.79. The van der Waals surface area contributed by atoms with Crippen molar-refractivity contribution >= 4 is 55.5 Å². The molecule has 0 radical (unpaired) electrons. The molecule has 0 aliphatic rings. The lowest BCUT2D eigenvalue weighted by atomic mass is 10.2. The van der Waals surface area contributed by atoms with E-state index in [1.807, 2.05) is 22.6 Å². The molecule has 0 fully saturated rings. The van der Waals surface area contributed by atoms with Crippen molar-refractivity contribution in [3.8, 4) is 0 Å². The highest BCUT2D eigenvalue weighted by Crippen LogP contribution is 2.27. The van der Waals surface area contributed by atoms with Crippen molar-refractivity contribution in [1.29, 1.82) is 0 Å². The Morgan fingerprint density at radius 3 is 2.68 bits per heavy atom. The first kappa shape index (κ1) is 14.7. The minimum atomic E-state index is -0.630. The first-order chi connectivity index (χ1) is 8.69. The third-order valence-corrected chi connectivity index (χ3v) is 3.65. The number of rotatable bonds is 0. The second-order valence-electron chi connectivity index (χ2n) is 4.97. The lowest BCUT2D eigenvalue weighted by Gasteiger charge is -2.19. The average molecular weight is 441 g/mol. The Bertz CT molecular complexity index is 664. The Labute approximate surface area is 131 Å². The van der Waals surface area contributed by atoms with Crippen LogP contribution < -0.4 is 0 Å². The molecule has 1 aromatic heterocycles. The van der Waals surface area contributed by atoms with E-state index in [1.54, 1.807) is 26.8 Å². The molecule has 1 heterocycles. The zero-order chi connectivity index (χ0) is 14.4. The monoisotopic (exact) mass is 440 g/mol. The van der Waals surface area contributed by atoms with Crippen molar-refractivity contribution < 1.29 is 13.9 Å². The number of benzene rings is 1. The second-order valence-corrected chi connectivity index (χ2v) is 6.84. The predicted molar refractivity (Wildman–Crippen MR) is 81.7 cm³/mol. The predicted octanol–water partition coefficient (Wildman–Crippen LogP) is 4.33. The first-order valence-electron chi connectivity index (χ1n) is 5.45. The van der Waals surface area contributed by atoms with Gasteiger partial charge in [0.15, 0.2) is 0 Å². The highest BCUT2D eigenvalue weighted by atomic mass is 127. The number of nitrogens with zero attached hydrogens (tertiary/aromatic N) is 2.